The average molecular weight is 817 g/mol. The Morgan fingerprint density at radius 3 is 2.58 bits per heavy atom. The summed E-state index contributed by atoms with van der Waals surface area (Å²) in [5, 5.41) is 6.04. The number of hydrogen-bond donors (Lipinski definition) is 0. The van der Waals surface area contributed by atoms with Crippen molar-refractivity contribution in [1.82, 2.24) is 9.66 Å². The fourth-order valence-corrected chi connectivity index (χ4v) is 6.53. The van der Waals surface area contributed by atoms with Crippen LogP contribution in [0.4, 0.5) is 0 Å². The van der Waals surface area contributed by atoms with Gasteiger partial charge in [-0.1, -0.05) is 67.7 Å². The minimum absolute atomic E-state index is 0.223. The fourth-order valence-electron chi connectivity index (χ4n) is 4.72. The van der Waals surface area contributed by atoms with Gasteiger partial charge in [0.2, 0.25) is 5.82 Å². The van der Waals surface area contributed by atoms with Crippen LogP contribution in [0.2, 0.25) is 5.02 Å². The number of halogens is 4. The monoisotopic (exact) mass is 813 g/mol. The van der Waals surface area contributed by atoms with Crippen molar-refractivity contribution in [3.63, 3.8) is 0 Å². The number of aromatic nitrogens is 2. The van der Waals surface area contributed by atoms with Crippen LogP contribution in [0.25, 0.3) is 33.5 Å². The summed E-state index contributed by atoms with van der Waals surface area (Å²) in [6.45, 7) is 2.49. The topological polar surface area (TPSA) is 88.1 Å². The normalized spacial score (nSPS) is 11.5. The Morgan fingerprint density at radius 2 is 1.80 bits per heavy atom. The maximum atomic E-state index is 13.8. The molecule has 4 aromatic carbocycles. The van der Waals surface area contributed by atoms with Gasteiger partial charge in [-0.15, -0.1) is 0 Å². The number of furan rings is 1. The van der Waals surface area contributed by atoms with Gasteiger partial charge in [0.05, 0.1) is 36.2 Å². The van der Waals surface area contributed by atoms with E-state index in [1.54, 1.807) is 37.4 Å². The molecule has 0 unspecified atom stereocenters. The highest BCUT2D eigenvalue weighted by molar-refractivity contribution is 9.11. The first-order chi connectivity index (χ1) is 21.8. The summed E-state index contributed by atoms with van der Waals surface area (Å²) in [6, 6.07) is 21.9. The highest BCUT2D eigenvalue weighted by atomic mass is 79.9. The number of benzene rings is 4. The molecule has 8 nitrogen and oxygen atoms in total. The van der Waals surface area contributed by atoms with E-state index < -0.39 is 0 Å². The minimum atomic E-state index is -0.369. The van der Waals surface area contributed by atoms with E-state index in [2.05, 4.69) is 52.9 Å². The fraction of sp³-hybridized carbons (Fsp3) is 0.121. The van der Waals surface area contributed by atoms with Gasteiger partial charge in [0.25, 0.3) is 5.56 Å². The summed E-state index contributed by atoms with van der Waals surface area (Å²) in [4.78, 5) is 18.5. The summed E-state index contributed by atoms with van der Waals surface area (Å²) >= 11 is 17.5. The van der Waals surface area contributed by atoms with Crippen molar-refractivity contribution in [3.8, 4) is 28.8 Å². The molecule has 0 spiro atoms. The summed E-state index contributed by atoms with van der Waals surface area (Å²) in [7, 11) is 1.59. The Labute approximate surface area is 288 Å². The van der Waals surface area contributed by atoms with Crippen molar-refractivity contribution in [2.45, 2.75) is 13.5 Å². The van der Waals surface area contributed by atoms with Crippen LogP contribution in [0.1, 0.15) is 18.1 Å². The molecule has 6 aromatic rings. The van der Waals surface area contributed by atoms with Crippen molar-refractivity contribution in [1.29, 1.82) is 0 Å². The van der Waals surface area contributed by atoms with Crippen LogP contribution < -0.4 is 19.8 Å². The Morgan fingerprint density at radius 1 is 0.978 bits per heavy atom. The molecule has 0 aliphatic heterocycles. The molecular weight excluding hydrogens is 794 g/mol. The minimum Gasteiger partial charge on any atom is -0.496 e. The number of rotatable bonds is 9. The van der Waals surface area contributed by atoms with Crippen LogP contribution >= 0.6 is 59.4 Å². The largest absolute Gasteiger partial charge is 0.496 e. The van der Waals surface area contributed by atoms with E-state index in [-0.39, 0.29) is 18.0 Å². The third-order valence-corrected chi connectivity index (χ3v) is 9.55. The third kappa shape index (κ3) is 6.27. The molecule has 0 saturated carbocycles. The second kappa shape index (κ2) is 13.4. The van der Waals surface area contributed by atoms with Crippen molar-refractivity contribution >= 4 is 87.5 Å². The number of fused-ring (bicyclic) bond motifs is 2. The van der Waals surface area contributed by atoms with Gasteiger partial charge in [-0.2, -0.15) is 9.78 Å². The lowest BCUT2D eigenvalue weighted by Crippen LogP contribution is -2.20. The maximum Gasteiger partial charge on any atom is 0.282 e. The summed E-state index contributed by atoms with van der Waals surface area (Å²) in [5.74, 6) is 2.01. The van der Waals surface area contributed by atoms with Gasteiger partial charge in [0, 0.05) is 24.5 Å². The molecule has 0 fully saturated rings. The van der Waals surface area contributed by atoms with Crippen molar-refractivity contribution < 1.29 is 18.6 Å². The van der Waals surface area contributed by atoms with Crippen LogP contribution in [0, 0.1) is 0 Å². The van der Waals surface area contributed by atoms with E-state index >= 15 is 0 Å². The molecule has 0 N–H and O–H groups in total. The maximum absolute atomic E-state index is 13.8. The lowest BCUT2D eigenvalue weighted by molar-refractivity contribution is 0.269. The number of nitrogens with zero attached hydrogens (tertiary/aromatic N) is 3. The molecular formula is C33H23Br3ClN3O5. The van der Waals surface area contributed by atoms with Crippen LogP contribution in [-0.2, 0) is 6.61 Å². The molecule has 2 heterocycles. The smallest absolute Gasteiger partial charge is 0.282 e. The van der Waals surface area contributed by atoms with Crippen LogP contribution in [-0.4, -0.2) is 29.6 Å². The lowest BCUT2D eigenvalue weighted by Gasteiger charge is -2.16. The Hall–Kier alpha value is -3.64. The van der Waals surface area contributed by atoms with Crippen LogP contribution in [0.3, 0.4) is 0 Å². The molecule has 0 atom stereocenters. The van der Waals surface area contributed by atoms with E-state index in [0.29, 0.717) is 61.2 Å². The first-order valence-electron chi connectivity index (χ1n) is 13.6. The van der Waals surface area contributed by atoms with Gasteiger partial charge in [-0.25, -0.2) is 4.98 Å². The highest BCUT2D eigenvalue weighted by Crippen LogP contribution is 2.43. The van der Waals surface area contributed by atoms with Crippen molar-refractivity contribution in [3.05, 3.63) is 113 Å². The van der Waals surface area contributed by atoms with Crippen molar-refractivity contribution in [2.24, 2.45) is 5.10 Å². The molecule has 6 rings (SSSR count). The molecule has 2 aromatic heterocycles. The summed E-state index contributed by atoms with van der Waals surface area (Å²) < 4.78 is 27.3. The second-order valence-electron chi connectivity index (χ2n) is 9.68. The van der Waals surface area contributed by atoms with Gasteiger partial charge in [0.1, 0.15) is 23.0 Å². The van der Waals surface area contributed by atoms with Crippen LogP contribution in [0.5, 0.6) is 17.2 Å². The zero-order valence-corrected chi connectivity index (χ0v) is 29.3. The molecule has 0 aliphatic rings. The van der Waals surface area contributed by atoms with E-state index in [1.165, 1.54) is 10.9 Å². The zero-order valence-electron chi connectivity index (χ0n) is 23.8. The lowest BCUT2D eigenvalue weighted by atomic mass is 10.2. The summed E-state index contributed by atoms with van der Waals surface area (Å²) in [6.07, 6.45) is 1.51. The van der Waals surface area contributed by atoms with Gasteiger partial charge in [0.15, 0.2) is 17.3 Å². The molecule has 12 heteroatoms. The van der Waals surface area contributed by atoms with E-state index in [4.69, 9.17) is 35.2 Å². The SMILES string of the molecule is CCOc1cc(C=Nn2c(-c3cc4c(OC)cccc4o3)nc3ccccc3c2=O)c(Br)c(Cl)c1OCc1ccc(Br)cc1Br. The van der Waals surface area contributed by atoms with E-state index in [1.807, 2.05) is 49.4 Å². The van der Waals surface area contributed by atoms with Gasteiger partial charge < -0.3 is 18.6 Å². The quantitative estimate of drug-likeness (QED) is 0.135. The third-order valence-electron chi connectivity index (χ3n) is 6.87. The Kier molecular flexibility index (Phi) is 9.32. The zero-order chi connectivity index (χ0) is 31.7. The first-order valence-corrected chi connectivity index (χ1v) is 16.4. The molecule has 45 heavy (non-hydrogen) atoms. The molecule has 0 amide bonds. The van der Waals surface area contributed by atoms with Gasteiger partial charge >= 0.3 is 0 Å². The molecule has 228 valence electrons. The molecule has 0 radical (unpaired) electrons. The molecule has 0 bridgehead atoms. The van der Waals surface area contributed by atoms with E-state index in [9.17, 15) is 4.79 Å². The van der Waals surface area contributed by atoms with E-state index in [0.717, 1.165) is 19.9 Å². The Balaban J connectivity index is 1.44. The predicted octanol–water partition coefficient (Wildman–Crippen LogP) is 9.62. The average Bonchev–Trinajstić information content (AvgIpc) is 3.48. The van der Waals surface area contributed by atoms with Crippen LogP contribution in [0.15, 0.2) is 101 Å². The first kappa shape index (κ1) is 31.3. The summed E-state index contributed by atoms with van der Waals surface area (Å²) in [5.41, 5.74) is 2.21. The molecule has 0 saturated heterocycles. The second-order valence-corrected chi connectivity index (χ2v) is 12.6. The number of methoxy groups -OCH3 is 1. The van der Waals surface area contributed by atoms with Crippen molar-refractivity contribution in [2.75, 3.05) is 13.7 Å². The standard InChI is InChI=1S/C33H23Br3ClN3O5/c1-3-43-27-13-19(29(36)30(37)31(27)44-17-18-11-12-20(34)14-23(18)35)16-38-40-32(39-24-8-5-4-7-21(24)33(40)41)28-15-22-25(42-2)9-6-10-26(22)45-28/h4-16H,3,17H2,1-2H3. The predicted molar refractivity (Wildman–Crippen MR) is 187 cm³/mol. The number of para-hydroxylation sites is 1. The highest BCUT2D eigenvalue weighted by Gasteiger charge is 2.20. The molecule has 0 aliphatic carbocycles. The van der Waals surface area contributed by atoms with Gasteiger partial charge in [-0.05, 0) is 71.4 Å². The number of ether oxygens (including phenoxy) is 3. The number of hydrogen-bond acceptors (Lipinski definition) is 7. The Bertz CT molecular complexity index is 2160. The van der Waals surface area contributed by atoms with Gasteiger partial charge in [-0.3, -0.25) is 4.79 Å².